The van der Waals surface area contributed by atoms with Gasteiger partial charge in [0.2, 0.25) is 5.91 Å². The lowest BCUT2D eigenvalue weighted by Gasteiger charge is -2.33. The van der Waals surface area contributed by atoms with Gasteiger partial charge >= 0.3 is 12.1 Å². The highest BCUT2D eigenvalue weighted by Gasteiger charge is 2.57. The lowest BCUT2D eigenvalue weighted by molar-refractivity contribution is -0.148. The molecule has 2 aliphatic carbocycles. The van der Waals surface area contributed by atoms with E-state index >= 15 is 0 Å². The van der Waals surface area contributed by atoms with E-state index in [1.54, 1.807) is 4.90 Å². The number of aliphatic carboxylic acids is 1. The highest BCUT2D eigenvalue weighted by molar-refractivity contribution is 5.81. The molecule has 2 aromatic rings. The Labute approximate surface area is 205 Å². The van der Waals surface area contributed by atoms with Gasteiger partial charge < -0.3 is 20.1 Å². The maximum atomic E-state index is 12.9. The van der Waals surface area contributed by atoms with Crippen LogP contribution in [0.5, 0.6) is 0 Å². The van der Waals surface area contributed by atoms with Gasteiger partial charge in [0.15, 0.2) is 0 Å². The zero-order chi connectivity index (χ0) is 24.7. The maximum absolute atomic E-state index is 12.9. The van der Waals surface area contributed by atoms with Crippen molar-refractivity contribution >= 4 is 18.0 Å². The van der Waals surface area contributed by atoms with Crippen molar-refractivity contribution in [2.24, 2.45) is 23.7 Å². The zero-order valence-corrected chi connectivity index (χ0v) is 20.1. The number of amides is 2. The fourth-order valence-electron chi connectivity index (χ4n) is 6.02. The van der Waals surface area contributed by atoms with Gasteiger partial charge in [-0.05, 0) is 46.4 Å². The van der Waals surface area contributed by atoms with Crippen molar-refractivity contribution in [2.45, 2.75) is 38.6 Å². The summed E-state index contributed by atoms with van der Waals surface area (Å²) in [6, 6.07) is 16.2. The van der Waals surface area contributed by atoms with E-state index in [1.165, 1.54) is 11.1 Å². The van der Waals surface area contributed by atoms with Crippen LogP contribution in [0, 0.1) is 23.7 Å². The van der Waals surface area contributed by atoms with Gasteiger partial charge in [-0.1, -0.05) is 62.4 Å². The van der Waals surface area contributed by atoms with E-state index in [0.717, 1.165) is 17.5 Å². The van der Waals surface area contributed by atoms with Crippen molar-refractivity contribution in [1.29, 1.82) is 0 Å². The molecule has 0 radical (unpaired) electrons. The van der Waals surface area contributed by atoms with Crippen LogP contribution in [0.25, 0.3) is 11.1 Å². The number of rotatable bonds is 8. The largest absolute Gasteiger partial charge is 0.481 e. The number of fused-ring (bicyclic) bond motifs is 4. The van der Waals surface area contributed by atoms with Crippen molar-refractivity contribution in [2.75, 3.05) is 19.7 Å². The second-order valence-electron chi connectivity index (χ2n) is 10.4. The van der Waals surface area contributed by atoms with Crippen LogP contribution in [0.2, 0.25) is 0 Å². The van der Waals surface area contributed by atoms with E-state index < -0.39 is 18.0 Å². The van der Waals surface area contributed by atoms with Crippen molar-refractivity contribution in [3.63, 3.8) is 0 Å². The first kappa shape index (κ1) is 23.4. The van der Waals surface area contributed by atoms with Gasteiger partial charge in [-0.25, -0.2) is 4.79 Å². The fourth-order valence-corrected chi connectivity index (χ4v) is 6.02. The minimum absolute atomic E-state index is 0.000501. The van der Waals surface area contributed by atoms with Gasteiger partial charge in [-0.3, -0.25) is 9.59 Å². The molecule has 2 saturated heterocycles. The van der Waals surface area contributed by atoms with Crippen molar-refractivity contribution in [1.82, 2.24) is 10.2 Å². The molecule has 4 unspecified atom stereocenters. The summed E-state index contributed by atoms with van der Waals surface area (Å²) in [7, 11) is 0. The molecule has 7 nitrogen and oxygen atoms in total. The Hall–Kier alpha value is -3.35. The number of carbonyl (C=O) groups is 3. The third kappa shape index (κ3) is 4.28. The summed E-state index contributed by atoms with van der Waals surface area (Å²) in [5, 5.41) is 12.2. The Bertz CT molecular complexity index is 1100. The summed E-state index contributed by atoms with van der Waals surface area (Å²) in [6.07, 6.45) is 0.587. The number of carboxylic acids is 1. The minimum Gasteiger partial charge on any atom is -0.481 e. The number of carboxylic acid groups (broad SMARTS) is 1. The van der Waals surface area contributed by atoms with E-state index in [-0.39, 0.29) is 48.6 Å². The molecule has 0 aromatic heterocycles. The lowest BCUT2D eigenvalue weighted by Crippen LogP contribution is -2.45. The predicted molar refractivity (Wildman–Crippen MR) is 131 cm³/mol. The summed E-state index contributed by atoms with van der Waals surface area (Å²) >= 11 is 0. The summed E-state index contributed by atoms with van der Waals surface area (Å²) in [4.78, 5) is 38.7. The normalized spacial score (nSPS) is 22.8. The van der Waals surface area contributed by atoms with Crippen LogP contribution >= 0.6 is 0 Å². The van der Waals surface area contributed by atoms with Crippen LogP contribution in [0.3, 0.4) is 0 Å². The van der Waals surface area contributed by atoms with Gasteiger partial charge in [0, 0.05) is 31.5 Å². The molecule has 2 N–H and O–H groups in total. The van der Waals surface area contributed by atoms with Crippen LogP contribution in [0.4, 0.5) is 4.79 Å². The third-order valence-corrected chi connectivity index (χ3v) is 8.14. The van der Waals surface area contributed by atoms with Gasteiger partial charge in [0.25, 0.3) is 0 Å². The second kappa shape index (κ2) is 9.36. The fraction of sp³-hybridized carbons (Fsp3) is 0.464. The lowest BCUT2D eigenvalue weighted by atomic mass is 9.74. The van der Waals surface area contributed by atoms with Crippen LogP contribution in [0.1, 0.15) is 43.7 Å². The minimum atomic E-state index is -0.807. The molecule has 2 bridgehead atoms. The molecular formula is C28H32N2O5. The molecular weight excluding hydrogens is 444 g/mol. The molecule has 4 atom stereocenters. The van der Waals surface area contributed by atoms with E-state index in [4.69, 9.17) is 4.74 Å². The van der Waals surface area contributed by atoms with E-state index in [0.29, 0.717) is 13.1 Å². The number of benzene rings is 2. The summed E-state index contributed by atoms with van der Waals surface area (Å²) in [5.74, 6) is -1.04. The van der Waals surface area contributed by atoms with E-state index in [1.807, 2.05) is 38.1 Å². The van der Waals surface area contributed by atoms with Gasteiger partial charge in [-0.2, -0.15) is 0 Å². The molecule has 4 aliphatic rings. The predicted octanol–water partition coefficient (Wildman–Crippen LogP) is 4.12. The molecule has 0 spiro atoms. The first-order valence-electron chi connectivity index (χ1n) is 12.5. The average Bonchev–Trinajstić information content (AvgIpc) is 3.51. The smallest absolute Gasteiger partial charge is 0.407 e. The Kier molecular flexibility index (Phi) is 6.26. The zero-order valence-electron chi connectivity index (χ0n) is 20.1. The molecule has 2 amide bonds. The van der Waals surface area contributed by atoms with Crippen LogP contribution < -0.4 is 5.32 Å². The number of alkyl carbamates (subject to hydrolysis) is 1. The van der Waals surface area contributed by atoms with E-state index in [9.17, 15) is 19.5 Å². The number of nitrogens with one attached hydrogen (secondary N) is 1. The highest BCUT2D eigenvalue weighted by Crippen LogP contribution is 2.47. The molecule has 2 heterocycles. The number of carbonyl (C=O) groups excluding carboxylic acids is 2. The molecule has 2 aromatic carbocycles. The SMILES string of the molecule is CC(C)C(CNC(=O)OCC1c2ccccc2-c2ccccc21)CC(=O)N1CC2CC1C2C(=O)O. The van der Waals surface area contributed by atoms with Crippen LogP contribution in [-0.4, -0.2) is 53.7 Å². The molecule has 2 aliphatic heterocycles. The number of hydrogen-bond acceptors (Lipinski definition) is 4. The Balaban J connectivity index is 1.15. The van der Waals surface area contributed by atoms with Gasteiger partial charge in [0.1, 0.15) is 6.61 Å². The third-order valence-electron chi connectivity index (χ3n) is 8.14. The average molecular weight is 477 g/mol. The first-order valence-corrected chi connectivity index (χ1v) is 12.5. The quantitative estimate of drug-likeness (QED) is 0.598. The molecule has 7 heteroatoms. The Morgan fingerprint density at radius 2 is 1.69 bits per heavy atom. The van der Waals surface area contributed by atoms with Gasteiger partial charge in [-0.15, -0.1) is 0 Å². The molecule has 3 fully saturated rings. The van der Waals surface area contributed by atoms with Gasteiger partial charge in [0.05, 0.1) is 5.92 Å². The maximum Gasteiger partial charge on any atom is 0.407 e. The van der Waals surface area contributed by atoms with Crippen LogP contribution in [-0.2, 0) is 14.3 Å². The first-order chi connectivity index (χ1) is 16.8. The van der Waals surface area contributed by atoms with Crippen molar-refractivity contribution < 1.29 is 24.2 Å². The number of nitrogens with zero attached hydrogens (tertiary/aromatic N) is 1. The molecule has 184 valence electrons. The molecule has 35 heavy (non-hydrogen) atoms. The summed E-state index contributed by atoms with van der Waals surface area (Å²) in [5.41, 5.74) is 4.69. The standard InChI is InChI=1S/C28H32N2O5/c1-16(2)17(12-25(31)30-14-18-11-24(30)26(18)27(32)33)13-29-28(34)35-15-23-21-9-5-3-7-19(21)20-8-4-6-10-22(20)23/h3-10,16-18,23-24,26H,11-15H2,1-2H3,(H,29,34)(H,32,33). The topological polar surface area (TPSA) is 95.9 Å². The molecule has 6 rings (SSSR count). The summed E-state index contributed by atoms with van der Waals surface area (Å²) < 4.78 is 5.63. The monoisotopic (exact) mass is 476 g/mol. The highest BCUT2D eigenvalue weighted by atomic mass is 16.5. The van der Waals surface area contributed by atoms with Crippen molar-refractivity contribution in [3.05, 3.63) is 59.7 Å². The Morgan fingerprint density at radius 1 is 1.06 bits per heavy atom. The van der Waals surface area contributed by atoms with Crippen LogP contribution in [0.15, 0.2) is 48.5 Å². The van der Waals surface area contributed by atoms with E-state index in [2.05, 4.69) is 29.6 Å². The Morgan fingerprint density at radius 3 is 2.26 bits per heavy atom. The number of ether oxygens (including phenoxy) is 1. The van der Waals surface area contributed by atoms with Crippen molar-refractivity contribution in [3.8, 4) is 11.1 Å². The molecule has 1 saturated carbocycles. The summed E-state index contributed by atoms with van der Waals surface area (Å²) in [6.45, 7) is 5.18. The number of hydrogen-bond donors (Lipinski definition) is 2. The second-order valence-corrected chi connectivity index (χ2v) is 10.4.